The van der Waals surface area contributed by atoms with E-state index < -0.39 is 0 Å². The highest BCUT2D eigenvalue weighted by Crippen LogP contribution is 2.27. The zero-order valence-electron chi connectivity index (χ0n) is 11.9. The fourth-order valence-electron chi connectivity index (χ4n) is 1.62. The van der Waals surface area contributed by atoms with Crippen molar-refractivity contribution in [3.05, 3.63) is 36.4 Å². The van der Waals surface area contributed by atoms with Crippen molar-refractivity contribution in [2.24, 2.45) is 0 Å². The Kier molecular flexibility index (Phi) is 4.98. The first-order valence-electron chi connectivity index (χ1n) is 6.57. The van der Waals surface area contributed by atoms with E-state index in [1.54, 1.807) is 18.7 Å². The van der Waals surface area contributed by atoms with Crippen LogP contribution in [-0.4, -0.2) is 33.5 Å². The largest absolute Gasteiger partial charge is 0.392 e. The van der Waals surface area contributed by atoms with Crippen LogP contribution in [0.5, 0.6) is 0 Å². The van der Waals surface area contributed by atoms with Gasteiger partial charge in [0.1, 0.15) is 10.8 Å². The molecule has 0 fully saturated rings. The van der Waals surface area contributed by atoms with E-state index in [0.29, 0.717) is 5.82 Å². The number of nitrogens with one attached hydrogen (secondary N) is 1. The second-order valence-electron chi connectivity index (χ2n) is 4.59. The summed E-state index contributed by atoms with van der Waals surface area (Å²) in [5.74, 6) is 1.47. The van der Waals surface area contributed by atoms with Crippen molar-refractivity contribution >= 4 is 17.6 Å². The molecule has 5 heteroatoms. The van der Waals surface area contributed by atoms with Crippen molar-refractivity contribution in [3.63, 3.8) is 0 Å². The summed E-state index contributed by atoms with van der Waals surface area (Å²) >= 11 is 1.55. The van der Waals surface area contributed by atoms with Gasteiger partial charge in [-0.15, -0.1) is 11.8 Å². The van der Waals surface area contributed by atoms with Gasteiger partial charge in [-0.25, -0.2) is 9.97 Å². The standard InChI is InChI=1S/C15H19N3OS/c1-10(19)11(2)20-14-9-13(16-3)17-15(18-14)12-7-5-4-6-8-12/h4-11,19H,1-3H3,(H,16,17,18). The molecule has 0 radical (unpaired) electrons. The van der Waals surface area contributed by atoms with E-state index in [0.717, 1.165) is 16.4 Å². The first kappa shape index (κ1) is 14.8. The predicted molar refractivity (Wildman–Crippen MR) is 84.0 cm³/mol. The van der Waals surface area contributed by atoms with Gasteiger partial charge in [0.25, 0.3) is 0 Å². The monoisotopic (exact) mass is 289 g/mol. The van der Waals surface area contributed by atoms with Gasteiger partial charge in [0, 0.05) is 23.9 Å². The number of aliphatic hydroxyl groups excluding tert-OH is 1. The quantitative estimate of drug-likeness (QED) is 0.654. The van der Waals surface area contributed by atoms with Crippen LogP contribution < -0.4 is 5.32 Å². The number of nitrogens with zero attached hydrogens (tertiary/aromatic N) is 2. The molecule has 2 atom stereocenters. The van der Waals surface area contributed by atoms with Crippen molar-refractivity contribution in [2.45, 2.75) is 30.2 Å². The second-order valence-corrected chi connectivity index (χ2v) is 5.99. The minimum atomic E-state index is -0.381. The molecule has 2 rings (SSSR count). The van der Waals surface area contributed by atoms with E-state index in [9.17, 15) is 5.11 Å². The first-order chi connectivity index (χ1) is 9.60. The summed E-state index contributed by atoms with van der Waals surface area (Å²) < 4.78 is 0. The third-order valence-electron chi connectivity index (χ3n) is 2.98. The number of aliphatic hydroxyl groups is 1. The van der Waals surface area contributed by atoms with Crippen LogP contribution in [0.25, 0.3) is 11.4 Å². The van der Waals surface area contributed by atoms with Crippen LogP contribution in [0.3, 0.4) is 0 Å². The lowest BCUT2D eigenvalue weighted by atomic mass is 10.2. The lowest BCUT2D eigenvalue weighted by molar-refractivity contribution is 0.196. The van der Waals surface area contributed by atoms with Gasteiger partial charge in [-0.1, -0.05) is 37.3 Å². The normalized spacial score (nSPS) is 13.8. The molecule has 2 N–H and O–H groups in total. The van der Waals surface area contributed by atoms with Crippen molar-refractivity contribution in [1.82, 2.24) is 9.97 Å². The Balaban J connectivity index is 2.34. The zero-order valence-corrected chi connectivity index (χ0v) is 12.7. The lowest BCUT2D eigenvalue weighted by Crippen LogP contribution is -2.15. The van der Waals surface area contributed by atoms with Gasteiger partial charge < -0.3 is 10.4 Å². The SMILES string of the molecule is CNc1cc(SC(C)C(C)O)nc(-c2ccccc2)n1. The highest BCUT2D eigenvalue weighted by Gasteiger charge is 2.13. The van der Waals surface area contributed by atoms with Gasteiger partial charge in [0.05, 0.1) is 6.10 Å². The molecule has 0 amide bonds. The molecule has 20 heavy (non-hydrogen) atoms. The Hall–Kier alpha value is -1.59. The van der Waals surface area contributed by atoms with E-state index in [2.05, 4.69) is 15.3 Å². The van der Waals surface area contributed by atoms with Crippen LogP contribution in [0.4, 0.5) is 5.82 Å². The maximum absolute atomic E-state index is 9.62. The van der Waals surface area contributed by atoms with Crippen LogP contribution in [0.15, 0.2) is 41.4 Å². The van der Waals surface area contributed by atoms with Crippen LogP contribution >= 0.6 is 11.8 Å². The van der Waals surface area contributed by atoms with Gasteiger partial charge in [-0.05, 0) is 6.92 Å². The van der Waals surface area contributed by atoms with Gasteiger partial charge in [-0.2, -0.15) is 0 Å². The van der Waals surface area contributed by atoms with Crippen LogP contribution in [-0.2, 0) is 0 Å². The predicted octanol–water partition coefficient (Wildman–Crippen LogP) is 3.05. The fourth-order valence-corrected chi connectivity index (χ4v) is 2.52. The Labute approximate surface area is 123 Å². The molecule has 2 aromatic rings. The topological polar surface area (TPSA) is 58.0 Å². The fraction of sp³-hybridized carbons (Fsp3) is 0.333. The first-order valence-corrected chi connectivity index (χ1v) is 7.45. The molecule has 1 heterocycles. The number of anilines is 1. The molecule has 0 saturated heterocycles. The van der Waals surface area contributed by atoms with E-state index >= 15 is 0 Å². The number of thioether (sulfide) groups is 1. The molecule has 106 valence electrons. The zero-order chi connectivity index (χ0) is 14.5. The smallest absolute Gasteiger partial charge is 0.162 e. The molecule has 0 bridgehead atoms. The highest BCUT2D eigenvalue weighted by molar-refractivity contribution is 7.99. The summed E-state index contributed by atoms with van der Waals surface area (Å²) in [6, 6.07) is 11.8. The molecule has 1 aromatic heterocycles. The Morgan fingerprint density at radius 1 is 1.15 bits per heavy atom. The highest BCUT2D eigenvalue weighted by atomic mass is 32.2. The number of benzene rings is 1. The lowest BCUT2D eigenvalue weighted by Gasteiger charge is -2.14. The summed E-state index contributed by atoms with van der Waals surface area (Å²) in [5.41, 5.74) is 0.983. The van der Waals surface area contributed by atoms with Gasteiger partial charge >= 0.3 is 0 Å². The van der Waals surface area contributed by atoms with E-state index in [1.165, 1.54) is 0 Å². The van der Waals surface area contributed by atoms with Gasteiger partial charge in [0.15, 0.2) is 5.82 Å². The number of hydrogen-bond acceptors (Lipinski definition) is 5. The molecule has 0 saturated carbocycles. The summed E-state index contributed by atoms with van der Waals surface area (Å²) in [5, 5.41) is 13.6. The molecule has 0 aliphatic heterocycles. The number of aromatic nitrogens is 2. The van der Waals surface area contributed by atoms with E-state index in [4.69, 9.17) is 0 Å². The molecule has 1 aromatic carbocycles. The Morgan fingerprint density at radius 2 is 1.85 bits per heavy atom. The third kappa shape index (κ3) is 3.71. The molecular formula is C15H19N3OS. The van der Waals surface area contributed by atoms with Crippen LogP contribution in [0.1, 0.15) is 13.8 Å². The minimum Gasteiger partial charge on any atom is -0.392 e. The van der Waals surface area contributed by atoms with Crippen molar-refractivity contribution < 1.29 is 5.11 Å². The van der Waals surface area contributed by atoms with Crippen LogP contribution in [0, 0.1) is 0 Å². The Bertz CT molecular complexity index is 560. The molecule has 0 aliphatic rings. The second kappa shape index (κ2) is 6.72. The summed E-state index contributed by atoms with van der Waals surface area (Å²) in [7, 11) is 1.84. The molecule has 0 spiro atoms. The van der Waals surface area contributed by atoms with Crippen molar-refractivity contribution in [3.8, 4) is 11.4 Å². The summed E-state index contributed by atoms with van der Waals surface area (Å²) in [6.07, 6.45) is -0.381. The van der Waals surface area contributed by atoms with Crippen molar-refractivity contribution in [2.75, 3.05) is 12.4 Å². The van der Waals surface area contributed by atoms with Gasteiger partial charge in [-0.3, -0.25) is 0 Å². The Morgan fingerprint density at radius 3 is 2.45 bits per heavy atom. The molecule has 4 nitrogen and oxygen atoms in total. The summed E-state index contributed by atoms with van der Waals surface area (Å²) in [6.45, 7) is 3.77. The number of hydrogen-bond donors (Lipinski definition) is 2. The molecule has 0 aliphatic carbocycles. The minimum absolute atomic E-state index is 0.0817. The summed E-state index contributed by atoms with van der Waals surface area (Å²) in [4.78, 5) is 9.05. The molecular weight excluding hydrogens is 270 g/mol. The van der Waals surface area contributed by atoms with Crippen molar-refractivity contribution in [1.29, 1.82) is 0 Å². The van der Waals surface area contributed by atoms with Gasteiger partial charge in [0.2, 0.25) is 0 Å². The molecule has 2 unspecified atom stereocenters. The third-order valence-corrected chi connectivity index (χ3v) is 4.19. The maximum Gasteiger partial charge on any atom is 0.162 e. The van der Waals surface area contributed by atoms with E-state index in [1.807, 2.05) is 50.4 Å². The van der Waals surface area contributed by atoms with Crippen LogP contribution in [0.2, 0.25) is 0 Å². The maximum atomic E-state index is 9.62. The number of rotatable bonds is 5. The average molecular weight is 289 g/mol. The average Bonchev–Trinajstić information content (AvgIpc) is 2.47. The van der Waals surface area contributed by atoms with E-state index in [-0.39, 0.29) is 11.4 Å².